The van der Waals surface area contributed by atoms with Crippen LogP contribution in [0.1, 0.15) is 41.7 Å². The quantitative estimate of drug-likeness (QED) is 0.172. The highest BCUT2D eigenvalue weighted by Gasteiger charge is 2.44. The minimum atomic E-state index is -0.937. The van der Waals surface area contributed by atoms with Crippen LogP contribution in [0.2, 0.25) is 0 Å². The van der Waals surface area contributed by atoms with Crippen LogP contribution < -0.4 is 9.47 Å². The third-order valence-corrected chi connectivity index (χ3v) is 11.2. The molecule has 0 fully saturated rings. The summed E-state index contributed by atoms with van der Waals surface area (Å²) in [5, 5.41) is 2.29. The van der Waals surface area contributed by atoms with Gasteiger partial charge in [-0.25, -0.2) is 15.0 Å². The molecule has 0 saturated carbocycles. The minimum Gasteiger partial charge on any atom is -0.497 e. The molecule has 264 valence electrons. The van der Waals surface area contributed by atoms with E-state index >= 15 is 0 Å². The molecular formula is C50H37N3O2. The van der Waals surface area contributed by atoms with Crippen molar-refractivity contribution in [3.05, 3.63) is 192 Å². The van der Waals surface area contributed by atoms with E-state index in [1.54, 1.807) is 7.11 Å². The SMILES string of the molecule is COc1ccc(C2(c3ccc(-c4nc(-c5ccccc5)nc(-c5ccccc5)n4)cc3)C=Cc3c4c(c5ccccc5c3O2)-c2ccccc2C4(C)C)cc1. The van der Waals surface area contributed by atoms with Gasteiger partial charge in [-0.15, -0.1) is 0 Å². The number of fused-ring (bicyclic) bond motifs is 8. The van der Waals surface area contributed by atoms with Crippen LogP contribution in [-0.4, -0.2) is 22.1 Å². The fraction of sp³-hybridized carbons (Fsp3) is 0.100. The van der Waals surface area contributed by atoms with Crippen molar-refractivity contribution in [2.75, 3.05) is 7.11 Å². The first-order valence-electron chi connectivity index (χ1n) is 18.6. The Morgan fingerprint density at radius 1 is 0.527 bits per heavy atom. The molecule has 7 aromatic carbocycles. The van der Waals surface area contributed by atoms with Gasteiger partial charge in [-0.1, -0.05) is 166 Å². The lowest BCUT2D eigenvalue weighted by Gasteiger charge is -2.38. The van der Waals surface area contributed by atoms with Crippen LogP contribution in [0.25, 0.3) is 62.1 Å². The summed E-state index contributed by atoms with van der Waals surface area (Å²) in [6.07, 6.45) is 4.52. The number of hydrogen-bond donors (Lipinski definition) is 0. The van der Waals surface area contributed by atoms with Crippen molar-refractivity contribution in [2.24, 2.45) is 0 Å². The Morgan fingerprint density at radius 2 is 1.04 bits per heavy atom. The van der Waals surface area contributed by atoms with Crippen molar-refractivity contribution in [1.82, 2.24) is 15.0 Å². The molecule has 1 atom stereocenters. The van der Waals surface area contributed by atoms with Gasteiger partial charge < -0.3 is 9.47 Å². The van der Waals surface area contributed by atoms with Gasteiger partial charge in [0.15, 0.2) is 23.1 Å². The van der Waals surface area contributed by atoms with Crippen molar-refractivity contribution in [2.45, 2.75) is 24.9 Å². The highest BCUT2D eigenvalue weighted by molar-refractivity contribution is 6.08. The third-order valence-electron chi connectivity index (χ3n) is 11.2. The molecule has 1 aliphatic heterocycles. The van der Waals surface area contributed by atoms with E-state index in [1.807, 2.05) is 72.8 Å². The molecule has 0 radical (unpaired) electrons. The van der Waals surface area contributed by atoms with Gasteiger partial charge in [-0.05, 0) is 45.8 Å². The second-order valence-corrected chi connectivity index (χ2v) is 14.7. The van der Waals surface area contributed by atoms with Crippen molar-refractivity contribution >= 4 is 16.8 Å². The zero-order chi connectivity index (χ0) is 37.1. The van der Waals surface area contributed by atoms with Gasteiger partial charge in [-0.3, -0.25) is 0 Å². The topological polar surface area (TPSA) is 57.1 Å². The van der Waals surface area contributed by atoms with Crippen LogP contribution in [0.4, 0.5) is 0 Å². The molecule has 0 bridgehead atoms. The number of aromatic nitrogens is 3. The summed E-state index contributed by atoms with van der Waals surface area (Å²) in [6.45, 7) is 4.66. The van der Waals surface area contributed by atoms with Gasteiger partial charge in [0.25, 0.3) is 0 Å². The van der Waals surface area contributed by atoms with Gasteiger partial charge in [0.1, 0.15) is 11.5 Å². The van der Waals surface area contributed by atoms with E-state index in [0.717, 1.165) is 50.3 Å². The largest absolute Gasteiger partial charge is 0.497 e. The number of benzene rings is 7. The standard InChI is InChI=1S/C50H37N3O2/c1-49(2)42-21-13-12-20-40(42)43-38-18-10-11-19-39(38)45-41(44(43)49)30-31-50(55-45,36-26-28-37(54-3)29-27-36)35-24-22-34(23-25-35)48-52-46(32-14-6-4-7-15-32)51-47(53-48)33-16-8-5-9-17-33/h4-31H,1-3H3. The molecule has 0 saturated heterocycles. The molecular weight excluding hydrogens is 675 g/mol. The van der Waals surface area contributed by atoms with Crippen LogP contribution in [0.15, 0.2) is 164 Å². The molecule has 10 rings (SSSR count). The van der Waals surface area contributed by atoms with Gasteiger partial charge in [-0.2, -0.15) is 0 Å². The Labute approximate surface area is 320 Å². The molecule has 2 aliphatic rings. The van der Waals surface area contributed by atoms with E-state index in [-0.39, 0.29) is 5.41 Å². The summed E-state index contributed by atoms with van der Waals surface area (Å²) in [6, 6.07) is 54.2. The van der Waals surface area contributed by atoms with Crippen molar-refractivity contribution in [3.8, 4) is 56.8 Å². The lowest BCUT2D eigenvalue weighted by molar-refractivity contribution is 0.163. The number of nitrogens with zero attached hydrogens (tertiary/aromatic N) is 3. The van der Waals surface area contributed by atoms with Crippen molar-refractivity contribution in [3.63, 3.8) is 0 Å². The van der Waals surface area contributed by atoms with Crippen LogP contribution in [0.5, 0.6) is 11.5 Å². The van der Waals surface area contributed by atoms with Gasteiger partial charge >= 0.3 is 0 Å². The maximum Gasteiger partial charge on any atom is 0.178 e. The Bertz CT molecular complexity index is 2720. The number of rotatable bonds is 6. The minimum absolute atomic E-state index is 0.211. The number of ether oxygens (including phenoxy) is 2. The summed E-state index contributed by atoms with van der Waals surface area (Å²) in [4.78, 5) is 14.9. The number of methoxy groups -OCH3 is 1. The average molecular weight is 712 g/mol. The maximum absolute atomic E-state index is 7.53. The molecule has 0 N–H and O–H groups in total. The molecule has 2 heterocycles. The van der Waals surface area contributed by atoms with E-state index in [4.69, 9.17) is 24.4 Å². The molecule has 55 heavy (non-hydrogen) atoms. The van der Waals surface area contributed by atoms with Crippen LogP contribution >= 0.6 is 0 Å². The summed E-state index contributed by atoms with van der Waals surface area (Å²) in [7, 11) is 1.69. The smallest absolute Gasteiger partial charge is 0.178 e. The van der Waals surface area contributed by atoms with Gasteiger partial charge in [0.05, 0.1) is 7.11 Å². The second kappa shape index (κ2) is 12.6. The average Bonchev–Trinajstić information content (AvgIpc) is 3.50. The molecule has 0 amide bonds. The molecule has 1 aliphatic carbocycles. The Balaban J connectivity index is 1.14. The Morgan fingerprint density at radius 3 is 1.64 bits per heavy atom. The monoisotopic (exact) mass is 711 g/mol. The lowest BCUT2D eigenvalue weighted by atomic mass is 9.76. The zero-order valence-corrected chi connectivity index (χ0v) is 30.8. The third kappa shape index (κ3) is 5.19. The highest BCUT2D eigenvalue weighted by Crippen LogP contribution is 2.58. The van der Waals surface area contributed by atoms with E-state index in [0.29, 0.717) is 17.5 Å². The maximum atomic E-state index is 7.53. The highest BCUT2D eigenvalue weighted by atomic mass is 16.5. The summed E-state index contributed by atoms with van der Waals surface area (Å²) in [5.41, 5.74) is 9.93. The predicted molar refractivity (Wildman–Crippen MR) is 221 cm³/mol. The Hall–Kier alpha value is -6.85. The molecule has 5 nitrogen and oxygen atoms in total. The van der Waals surface area contributed by atoms with E-state index < -0.39 is 5.60 Å². The van der Waals surface area contributed by atoms with Crippen LogP contribution in [0, 0.1) is 0 Å². The fourth-order valence-corrected chi connectivity index (χ4v) is 8.52. The van der Waals surface area contributed by atoms with Gasteiger partial charge in [0.2, 0.25) is 0 Å². The van der Waals surface area contributed by atoms with E-state index in [2.05, 4.69) is 111 Å². The van der Waals surface area contributed by atoms with Crippen molar-refractivity contribution in [1.29, 1.82) is 0 Å². The first-order valence-corrected chi connectivity index (χ1v) is 18.6. The summed E-state index contributed by atoms with van der Waals surface area (Å²) < 4.78 is 13.1. The van der Waals surface area contributed by atoms with Crippen molar-refractivity contribution < 1.29 is 9.47 Å². The molecule has 1 unspecified atom stereocenters. The zero-order valence-electron chi connectivity index (χ0n) is 30.8. The number of hydrogen-bond acceptors (Lipinski definition) is 5. The molecule has 8 aromatic rings. The molecule has 1 aromatic heterocycles. The fourth-order valence-electron chi connectivity index (χ4n) is 8.52. The van der Waals surface area contributed by atoms with E-state index in [9.17, 15) is 0 Å². The summed E-state index contributed by atoms with van der Waals surface area (Å²) >= 11 is 0. The van der Waals surface area contributed by atoms with Crippen LogP contribution in [0.3, 0.4) is 0 Å². The molecule has 0 spiro atoms. The van der Waals surface area contributed by atoms with E-state index in [1.165, 1.54) is 27.6 Å². The lowest BCUT2D eigenvalue weighted by Crippen LogP contribution is -2.35. The molecule has 5 heteroatoms. The first kappa shape index (κ1) is 32.8. The Kier molecular flexibility index (Phi) is 7.53. The van der Waals surface area contributed by atoms with Crippen LogP contribution in [-0.2, 0) is 11.0 Å². The first-order chi connectivity index (χ1) is 26.9. The predicted octanol–water partition coefficient (Wildman–Crippen LogP) is 11.7. The normalized spacial score (nSPS) is 16.2. The van der Waals surface area contributed by atoms with Gasteiger partial charge in [0, 0.05) is 44.2 Å². The summed E-state index contributed by atoms with van der Waals surface area (Å²) in [5.74, 6) is 3.53. The second-order valence-electron chi connectivity index (χ2n) is 14.7.